The van der Waals surface area contributed by atoms with Gasteiger partial charge in [-0.25, -0.2) is 13.6 Å². The summed E-state index contributed by atoms with van der Waals surface area (Å²) in [4.78, 5) is 35.7. The van der Waals surface area contributed by atoms with Gasteiger partial charge >= 0.3 is 5.97 Å². The minimum absolute atomic E-state index is 0.0735. The minimum atomic E-state index is -1.29. The first kappa shape index (κ1) is 20.9. The van der Waals surface area contributed by atoms with Crippen molar-refractivity contribution < 1.29 is 32.3 Å². The van der Waals surface area contributed by atoms with Gasteiger partial charge in [-0.15, -0.1) is 0 Å². The topological polar surface area (TPSA) is 85.6 Å². The molecule has 0 unspecified atom stereocenters. The first-order chi connectivity index (χ1) is 14.2. The van der Waals surface area contributed by atoms with E-state index in [1.807, 2.05) is 0 Å². The van der Waals surface area contributed by atoms with Crippen LogP contribution in [0.1, 0.15) is 34.8 Å². The molecule has 8 heteroatoms. The molecule has 0 aliphatic carbocycles. The fourth-order valence-electron chi connectivity index (χ4n) is 2.57. The second-order valence-electron chi connectivity index (χ2n) is 6.46. The summed E-state index contributed by atoms with van der Waals surface area (Å²) >= 11 is 0. The van der Waals surface area contributed by atoms with Crippen molar-refractivity contribution in [1.82, 2.24) is 0 Å². The van der Waals surface area contributed by atoms with Gasteiger partial charge < -0.3 is 14.5 Å². The molecule has 0 saturated carbocycles. The van der Waals surface area contributed by atoms with Crippen molar-refractivity contribution in [3.8, 4) is 11.3 Å². The summed E-state index contributed by atoms with van der Waals surface area (Å²) in [6.45, 7) is 2.74. The minimum Gasteiger partial charge on any atom is -0.449 e. The summed E-state index contributed by atoms with van der Waals surface area (Å²) in [5.74, 6) is -3.13. The van der Waals surface area contributed by atoms with Crippen molar-refractivity contribution in [3.63, 3.8) is 0 Å². The molecule has 1 N–H and O–H groups in total. The Bertz CT molecular complexity index is 1100. The third-order valence-electron chi connectivity index (χ3n) is 4.22. The number of rotatable bonds is 6. The molecule has 6 nitrogen and oxygen atoms in total. The zero-order chi connectivity index (χ0) is 21.8. The van der Waals surface area contributed by atoms with Gasteiger partial charge in [-0.1, -0.05) is 24.3 Å². The first-order valence-corrected chi connectivity index (χ1v) is 8.92. The molecule has 3 aromatic rings. The maximum Gasteiger partial charge on any atom is 0.375 e. The number of carbonyl (C=O) groups is 3. The fraction of sp³-hybridized carbons (Fsp3) is 0.136. The molecule has 0 aliphatic rings. The van der Waals surface area contributed by atoms with Crippen LogP contribution in [0.4, 0.5) is 14.5 Å². The van der Waals surface area contributed by atoms with Gasteiger partial charge in [0, 0.05) is 17.2 Å². The van der Waals surface area contributed by atoms with E-state index < -0.39 is 29.6 Å². The summed E-state index contributed by atoms with van der Waals surface area (Å²) in [5, 5.41) is 2.16. The van der Waals surface area contributed by atoms with Crippen LogP contribution < -0.4 is 5.32 Å². The molecule has 1 atom stereocenters. The highest BCUT2D eigenvalue weighted by Crippen LogP contribution is 2.23. The number of esters is 1. The number of halogens is 2. The largest absolute Gasteiger partial charge is 0.449 e. The highest BCUT2D eigenvalue weighted by Gasteiger charge is 2.22. The molecule has 0 saturated heterocycles. The Hall–Kier alpha value is -3.81. The number of amides is 1. The lowest BCUT2D eigenvalue weighted by molar-refractivity contribution is -0.123. The number of nitrogens with one attached hydrogen (secondary N) is 1. The smallest absolute Gasteiger partial charge is 0.375 e. The molecule has 154 valence electrons. The Morgan fingerprint density at radius 1 is 1.00 bits per heavy atom. The molecule has 0 fully saturated rings. The number of carbonyl (C=O) groups excluding carboxylic acids is 3. The van der Waals surface area contributed by atoms with Crippen molar-refractivity contribution in [3.05, 3.63) is 77.6 Å². The van der Waals surface area contributed by atoms with E-state index in [0.717, 1.165) is 18.2 Å². The van der Waals surface area contributed by atoms with Crippen LogP contribution in [0.5, 0.6) is 0 Å². The molecule has 2 aromatic carbocycles. The maximum absolute atomic E-state index is 13.6. The molecular formula is C22H17F2NO5. The van der Waals surface area contributed by atoms with E-state index >= 15 is 0 Å². The summed E-state index contributed by atoms with van der Waals surface area (Å²) in [5.41, 5.74) is 0.822. The highest BCUT2D eigenvalue weighted by atomic mass is 19.1. The average molecular weight is 413 g/mol. The third-order valence-corrected chi connectivity index (χ3v) is 4.22. The lowest BCUT2D eigenvalue weighted by Crippen LogP contribution is -2.30. The average Bonchev–Trinajstić information content (AvgIpc) is 3.21. The Balaban J connectivity index is 1.65. The predicted octanol–water partition coefficient (Wildman–Crippen LogP) is 4.61. The van der Waals surface area contributed by atoms with E-state index in [4.69, 9.17) is 9.15 Å². The van der Waals surface area contributed by atoms with Gasteiger partial charge in [0.25, 0.3) is 5.91 Å². The number of benzene rings is 2. The number of ether oxygens (including phenoxy) is 1. The van der Waals surface area contributed by atoms with E-state index in [9.17, 15) is 23.2 Å². The Kier molecular flexibility index (Phi) is 6.06. The van der Waals surface area contributed by atoms with Gasteiger partial charge in [-0.05, 0) is 38.1 Å². The van der Waals surface area contributed by atoms with Crippen LogP contribution >= 0.6 is 0 Å². The highest BCUT2D eigenvalue weighted by molar-refractivity contribution is 5.97. The van der Waals surface area contributed by atoms with Crippen molar-refractivity contribution in [1.29, 1.82) is 0 Å². The molecule has 1 amide bonds. The molecule has 0 spiro atoms. The van der Waals surface area contributed by atoms with Gasteiger partial charge in [0.2, 0.25) is 5.76 Å². The Morgan fingerprint density at radius 2 is 1.70 bits per heavy atom. The molecule has 0 radical (unpaired) electrons. The van der Waals surface area contributed by atoms with Crippen molar-refractivity contribution in [2.24, 2.45) is 0 Å². The molecular weight excluding hydrogens is 396 g/mol. The van der Waals surface area contributed by atoms with Crippen LogP contribution in [0.3, 0.4) is 0 Å². The van der Waals surface area contributed by atoms with Crippen LogP contribution in [0.15, 0.2) is 59.0 Å². The van der Waals surface area contributed by atoms with Gasteiger partial charge in [0.1, 0.15) is 17.4 Å². The number of anilines is 1. The number of ketones is 1. The van der Waals surface area contributed by atoms with E-state index in [2.05, 4.69) is 5.32 Å². The molecule has 0 aliphatic heterocycles. The van der Waals surface area contributed by atoms with E-state index in [1.165, 1.54) is 19.9 Å². The predicted molar refractivity (Wildman–Crippen MR) is 104 cm³/mol. The lowest BCUT2D eigenvalue weighted by atomic mass is 10.1. The van der Waals surface area contributed by atoms with Gasteiger partial charge in [-0.2, -0.15) is 0 Å². The molecule has 1 aromatic heterocycles. The van der Waals surface area contributed by atoms with Crippen LogP contribution in [-0.4, -0.2) is 23.8 Å². The monoisotopic (exact) mass is 413 g/mol. The SMILES string of the molecule is CC(=O)c1ccc(-c2ccc(C(=O)O[C@@H](C)C(=O)Nc3cc(F)ccc3F)o2)cc1. The van der Waals surface area contributed by atoms with E-state index in [0.29, 0.717) is 16.9 Å². The summed E-state index contributed by atoms with van der Waals surface area (Å²) in [6, 6.07) is 12.2. The Labute approximate surface area is 170 Å². The third kappa shape index (κ3) is 4.78. The van der Waals surface area contributed by atoms with Crippen molar-refractivity contribution in [2.45, 2.75) is 20.0 Å². The first-order valence-electron chi connectivity index (χ1n) is 8.92. The van der Waals surface area contributed by atoms with Crippen LogP contribution in [0, 0.1) is 11.6 Å². The summed E-state index contributed by atoms with van der Waals surface area (Å²) in [6.07, 6.45) is -1.29. The standard InChI is InChI=1S/C22H17F2NO5/c1-12(26)14-3-5-15(6-4-14)19-9-10-20(30-19)22(28)29-13(2)21(27)25-18-11-16(23)7-8-17(18)24/h3-11,13H,1-2H3,(H,25,27)/t13-/m0/s1. The van der Waals surface area contributed by atoms with Crippen LogP contribution in [-0.2, 0) is 9.53 Å². The van der Waals surface area contributed by atoms with Crippen LogP contribution in [0.2, 0.25) is 0 Å². The van der Waals surface area contributed by atoms with Gasteiger partial charge in [0.05, 0.1) is 5.69 Å². The number of hydrogen-bond acceptors (Lipinski definition) is 5. The van der Waals surface area contributed by atoms with Crippen molar-refractivity contribution in [2.75, 3.05) is 5.32 Å². The van der Waals surface area contributed by atoms with Gasteiger partial charge in [-0.3, -0.25) is 9.59 Å². The normalized spacial score (nSPS) is 11.6. The number of Topliss-reactive ketones (excluding diaryl/α,β-unsaturated/α-hetero) is 1. The summed E-state index contributed by atoms with van der Waals surface area (Å²) < 4.78 is 37.3. The molecule has 1 heterocycles. The van der Waals surface area contributed by atoms with Gasteiger partial charge in [0.15, 0.2) is 11.9 Å². The van der Waals surface area contributed by atoms with E-state index in [-0.39, 0.29) is 17.2 Å². The zero-order valence-corrected chi connectivity index (χ0v) is 16.1. The Morgan fingerprint density at radius 3 is 2.37 bits per heavy atom. The van der Waals surface area contributed by atoms with Crippen LogP contribution in [0.25, 0.3) is 11.3 Å². The second-order valence-corrected chi connectivity index (χ2v) is 6.46. The van der Waals surface area contributed by atoms with Crippen molar-refractivity contribution >= 4 is 23.3 Å². The van der Waals surface area contributed by atoms with E-state index in [1.54, 1.807) is 30.3 Å². The zero-order valence-electron chi connectivity index (χ0n) is 16.1. The summed E-state index contributed by atoms with van der Waals surface area (Å²) in [7, 11) is 0. The second kappa shape index (κ2) is 8.69. The molecule has 3 rings (SSSR count). The maximum atomic E-state index is 13.6. The molecule has 0 bridgehead atoms. The molecule has 30 heavy (non-hydrogen) atoms. The lowest BCUT2D eigenvalue weighted by Gasteiger charge is -2.13. The fourth-order valence-corrected chi connectivity index (χ4v) is 2.57. The quantitative estimate of drug-likeness (QED) is 0.471. The number of furan rings is 1. The number of hydrogen-bond donors (Lipinski definition) is 1.